The van der Waals surface area contributed by atoms with Crippen LogP contribution in [0.4, 0.5) is 0 Å². The van der Waals surface area contributed by atoms with Crippen molar-refractivity contribution in [3.8, 4) is 0 Å². The Hall–Kier alpha value is -1.63. The minimum absolute atomic E-state index is 0.0973. The van der Waals surface area contributed by atoms with E-state index in [0.717, 1.165) is 57.9 Å². The fourth-order valence-corrected chi connectivity index (χ4v) is 14.9. The topological polar surface area (TPSA) is 87.2 Å². The van der Waals surface area contributed by atoms with E-state index in [0.29, 0.717) is 41.4 Å². The molecule has 7 aliphatic rings. The first-order valence-corrected chi connectivity index (χ1v) is 21.2. The monoisotopic (exact) mass is 709 g/mol. The number of nitrogens with zero attached hydrogens (tertiary/aromatic N) is 2. The highest BCUT2D eigenvalue weighted by Gasteiger charge is 2.71. The van der Waals surface area contributed by atoms with Crippen molar-refractivity contribution in [3.63, 3.8) is 0 Å². The SMILES string of the molecule is CC(C)C1CC[C@]2(CC(=O)N3CCN(C4CC4)CC3)CC[C@]3(C)[C@H](CC[C@H]4C3(C)CC[C@H]3C(C)(C)[C@@H](OC(=O)CC(C)(C)C(=O)O)CC[C@@]34C)[C@@H]12. The molecule has 0 bridgehead atoms. The first-order chi connectivity index (χ1) is 23.8. The molecule has 1 amide bonds. The summed E-state index contributed by atoms with van der Waals surface area (Å²) in [6, 6.07) is 0.790. The Labute approximate surface area is 309 Å². The maximum atomic E-state index is 14.2. The highest BCUT2D eigenvalue weighted by Crippen LogP contribution is 2.78. The number of esters is 1. The lowest BCUT2D eigenvalue weighted by Crippen LogP contribution is -2.67. The number of hydrogen-bond acceptors (Lipinski definition) is 5. The number of carboxylic acid groups (broad SMARTS) is 1. The van der Waals surface area contributed by atoms with Gasteiger partial charge in [-0.3, -0.25) is 19.3 Å². The number of ether oxygens (including phenoxy) is 1. The number of carboxylic acids is 1. The molecule has 6 saturated carbocycles. The van der Waals surface area contributed by atoms with Crippen molar-refractivity contribution < 1.29 is 24.2 Å². The number of rotatable bonds is 8. The van der Waals surface area contributed by atoms with Crippen molar-refractivity contribution in [1.29, 1.82) is 0 Å². The summed E-state index contributed by atoms with van der Waals surface area (Å²) in [6.45, 7) is 24.7. The van der Waals surface area contributed by atoms with Gasteiger partial charge in [-0.15, -0.1) is 0 Å². The Balaban J connectivity index is 1.10. The first kappa shape index (κ1) is 37.7. The summed E-state index contributed by atoms with van der Waals surface area (Å²) in [5.74, 6) is 2.85. The third-order valence-electron chi connectivity index (χ3n) is 18.1. The van der Waals surface area contributed by atoms with Crippen molar-refractivity contribution >= 4 is 17.8 Å². The average molecular weight is 709 g/mol. The molecule has 51 heavy (non-hydrogen) atoms. The normalized spacial score (nSPS) is 43.8. The second kappa shape index (κ2) is 12.7. The highest BCUT2D eigenvalue weighted by atomic mass is 16.5. The fraction of sp³-hybridized carbons (Fsp3) is 0.932. The van der Waals surface area contributed by atoms with E-state index in [4.69, 9.17) is 4.74 Å². The molecule has 7 fully saturated rings. The van der Waals surface area contributed by atoms with E-state index in [1.807, 2.05) is 0 Å². The predicted molar refractivity (Wildman–Crippen MR) is 201 cm³/mol. The van der Waals surface area contributed by atoms with Gasteiger partial charge in [0.2, 0.25) is 5.91 Å². The molecule has 1 N–H and O–H groups in total. The number of hydrogen-bond donors (Lipinski definition) is 1. The highest BCUT2D eigenvalue weighted by molar-refractivity contribution is 5.81. The van der Waals surface area contributed by atoms with Crippen LogP contribution in [0.1, 0.15) is 152 Å². The van der Waals surface area contributed by atoms with Gasteiger partial charge in [-0.25, -0.2) is 0 Å². The maximum Gasteiger partial charge on any atom is 0.309 e. The van der Waals surface area contributed by atoms with Crippen LogP contribution in [0, 0.1) is 68.0 Å². The maximum absolute atomic E-state index is 14.2. The minimum Gasteiger partial charge on any atom is -0.481 e. The zero-order valence-electron chi connectivity index (χ0n) is 33.8. The fourth-order valence-electron chi connectivity index (χ4n) is 14.9. The van der Waals surface area contributed by atoms with Gasteiger partial charge in [-0.05, 0) is 148 Å². The molecular formula is C44H72N2O5. The molecule has 0 spiro atoms. The van der Waals surface area contributed by atoms with Gasteiger partial charge in [0.1, 0.15) is 6.10 Å². The number of carbonyl (C=O) groups excluding carboxylic acids is 2. The van der Waals surface area contributed by atoms with Crippen LogP contribution in [-0.2, 0) is 19.1 Å². The second-order valence-electron chi connectivity index (χ2n) is 21.5. The van der Waals surface area contributed by atoms with Crippen molar-refractivity contribution in [2.45, 2.75) is 164 Å². The van der Waals surface area contributed by atoms with E-state index < -0.39 is 11.4 Å². The van der Waals surface area contributed by atoms with Gasteiger partial charge in [0.05, 0.1) is 11.8 Å². The van der Waals surface area contributed by atoms with E-state index in [2.05, 4.69) is 58.3 Å². The Kier molecular flexibility index (Phi) is 9.40. The lowest BCUT2D eigenvalue weighted by Gasteiger charge is -2.73. The second-order valence-corrected chi connectivity index (χ2v) is 21.5. The Morgan fingerprint density at radius 1 is 0.784 bits per heavy atom. The Bertz CT molecular complexity index is 1380. The zero-order chi connectivity index (χ0) is 36.9. The van der Waals surface area contributed by atoms with Gasteiger partial charge in [0, 0.05) is 44.1 Å². The molecule has 6 aliphatic carbocycles. The molecule has 10 atom stereocenters. The third kappa shape index (κ3) is 5.94. The van der Waals surface area contributed by atoms with Gasteiger partial charge in [0.25, 0.3) is 0 Å². The van der Waals surface area contributed by atoms with Crippen LogP contribution in [0.3, 0.4) is 0 Å². The van der Waals surface area contributed by atoms with Crippen LogP contribution in [0.25, 0.3) is 0 Å². The van der Waals surface area contributed by atoms with Gasteiger partial charge < -0.3 is 14.7 Å². The molecule has 7 heteroatoms. The zero-order valence-corrected chi connectivity index (χ0v) is 33.8. The smallest absolute Gasteiger partial charge is 0.309 e. The molecule has 1 aliphatic heterocycles. The molecule has 1 saturated heterocycles. The summed E-state index contributed by atoms with van der Waals surface area (Å²) in [5, 5.41) is 9.62. The van der Waals surface area contributed by atoms with Crippen molar-refractivity contribution in [2.24, 2.45) is 68.0 Å². The predicted octanol–water partition coefficient (Wildman–Crippen LogP) is 8.83. The third-order valence-corrected chi connectivity index (χ3v) is 18.1. The minimum atomic E-state index is -1.13. The molecule has 2 unspecified atom stereocenters. The molecule has 1 heterocycles. The average Bonchev–Trinajstić information content (AvgIpc) is 3.83. The standard InChI is InChI=1S/C44H72N2O5/c1-28(2)30-14-19-44(26-35(47)46-24-22-45(23-25-46)29-10-11-29)21-20-42(8)31(37(30)44)12-13-33-41(7)17-16-34(51-36(48)27-39(3,4)38(49)50)40(5,6)32(41)15-18-43(33,42)9/h28-34,37H,10-27H2,1-9H3,(H,49,50)/t30?,31-,32+,33-,34+,37-,41+,42-,43?,44-/m1/s1. The summed E-state index contributed by atoms with van der Waals surface area (Å²) in [5.41, 5.74) is -0.470. The van der Waals surface area contributed by atoms with Crippen LogP contribution in [0.5, 0.6) is 0 Å². The van der Waals surface area contributed by atoms with E-state index >= 15 is 0 Å². The van der Waals surface area contributed by atoms with E-state index in [1.54, 1.807) is 13.8 Å². The molecule has 0 aromatic heterocycles. The number of fused-ring (bicyclic) bond motifs is 7. The summed E-state index contributed by atoms with van der Waals surface area (Å²) >= 11 is 0. The Morgan fingerprint density at radius 2 is 1.47 bits per heavy atom. The molecule has 7 rings (SSSR count). The first-order valence-electron chi connectivity index (χ1n) is 21.2. The molecular weight excluding hydrogens is 636 g/mol. The van der Waals surface area contributed by atoms with Crippen molar-refractivity contribution in [1.82, 2.24) is 9.80 Å². The Morgan fingerprint density at radius 3 is 2.10 bits per heavy atom. The molecule has 0 aromatic carbocycles. The largest absolute Gasteiger partial charge is 0.481 e. The van der Waals surface area contributed by atoms with E-state index in [-0.39, 0.29) is 45.6 Å². The molecule has 0 radical (unpaired) electrons. The summed E-state index contributed by atoms with van der Waals surface area (Å²) < 4.78 is 6.20. The quantitative estimate of drug-likeness (QED) is 0.254. The summed E-state index contributed by atoms with van der Waals surface area (Å²) in [6.07, 6.45) is 15.0. The van der Waals surface area contributed by atoms with Gasteiger partial charge in [0.15, 0.2) is 0 Å². The van der Waals surface area contributed by atoms with Crippen LogP contribution in [-0.4, -0.2) is 71.1 Å². The van der Waals surface area contributed by atoms with Crippen LogP contribution < -0.4 is 0 Å². The molecule has 288 valence electrons. The summed E-state index contributed by atoms with van der Waals surface area (Å²) in [7, 11) is 0. The number of aliphatic carboxylic acids is 1. The van der Waals surface area contributed by atoms with E-state index in [9.17, 15) is 19.5 Å². The molecule has 0 aromatic rings. The van der Waals surface area contributed by atoms with Crippen LogP contribution in [0.2, 0.25) is 0 Å². The van der Waals surface area contributed by atoms with Crippen LogP contribution >= 0.6 is 0 Å². The van der Waals surface area contributed by atoms with Crippen molar-refractivity contribution in [3.05, 3.63) is 0 Å². The van der Waals surface area contributed by atoms with Crippen molar-refractivity contribution in [2.75, 3.05) is 26.2 Å². The van der Waals surface area contributed by atoms with Crippen LogP contribution in [0.15, 0.2) is 0 Å². The number of piperazine rings is 1. The van der Waals surface area contributed by atoms with Gasteiger partial charge in [-0.2, -0.15) is 0 Å². The lowest BCUT2D eigenvalue weighted by molar-refractivity contribution is -0.252. The lowest BCUT2D eigenvalue weighted by atomic mass is 9.32. The van der Waals surface area contributed by atoms with Gasteiger partial charge >= 0.3 is 11.9 Å². The number of carbonyl (C=O) groups is 3. The van der Waals surface area contributed by atoms with Gasteiger partial charge in [-0.1, -0.05) is 48.5 Å². The summed E-state index contributed by atoms with van der Waals surface area (Å²) in [4.78, 5) is 43.9. The molecule has 7 nitrogen and oxygen atoms in total. The van der Waals surface area contributed by atoms with E-state index in [1.165, 1.54) is 57.8 Å². The number of amides is 1.